The summed E-state index contributed by atoms with van der Waals surface area (Å²) in [5.41, 5.74) is 0.0272. The van der Waals surface area contributed by atoms with Crippen molar-refractivity contribution in [1.82, 2.24) is 4.90 Å². The number of carbonyl (C=O) groups excluding carboxylic acids is 1. The van der Waals surface area contributed by atoms with Crippen LogP contribution in [0.15, 0.2) is 18.2 Å². The Morgan fingerprint density at radius 1 is 1.37 bits per heavy atom. The summed E-state index contributed by atoms with van der Waals surface area (Å²) in [6.07, 6.45) is 0.133. The molecule has 1 unspecified atom stereocenters. The Kier molecular flexibility index (Phi) is 2.67. The van der Waals surface area contributed by atoms with E-state index in [4.69, 9.17) is 9.47 Å². The normalized spacial score (nSPS) is 23.7. The minimum atomic E-state index is -0.534. The number of carbonyl (C=O) groups is 1. The summed E-state index contributed by atoms with van der Waals surface area (Å²) in [7, 11) is 0. The number of amides is 1. The van der Waals surface area contributed by atoms with Crippen molar-refractivity contribution in [1.29, 1.82) is 0 Å². The molecule has 0 aliphatic carbocycles. The van der Waals surface area contributed by atoms with Gasteiger partial charge >= 0.3 is 0 Å². The number of rotatable bonds is 1. The van der Waals surface area contributed by atoms with E-state index >= 15 is 0 Å². The van der Waals surface area contributed by atoms with Gasteiger partial charge in [0.2, 0.25) is 6.79 Å². The molecule has 0 radical (unpaired) electrons. The third kappa shape index (κ3) is 1.85. The van der Waals surface area contributed by atoms with Crippen molar-refractivity contribution in [2.45, 2.75) is 31.9 Å². The molecule has 2 aliphatic heterocycles. The highest BCUT2D eigenvalue weighted by molar-refractivity contribution is 5.95. The second-order valence-corrected chi connectivity index (χ2v) is 5.48. The highest BCUT2D eigenvalue weighted by Gasteiger charge is 2.43. The van der Waals surface area contributed by atoms with Crippen molar-refractivity contribution in [2.24, 2.45) is 0 Å². The molecule has 1 amide bonds. The van der Waals surface area contributed by atoms with Crippen molar-refractivity contribution in [3.05, 3.63) is 23.8 Å². The van der Waals surface area contributed by atoms with Crippen LogP contribution in [-0.2, 0) is 0 Å². The number of aliphatic hydroxyl groups is 1. The summed E-state index contributed by atoms with van der Waals surface area (Å²) in [6, 6.07) is 5.18. The number of likely N-dealkylation sites (tertiary alicyclic amines) is 1. The lowest BCUT2D eigenvalue weighted by Crippen LogP contribution is -2.48. The SMILES string of the molecule is CC1(C)C(O)CCN1C(=O)c1ccc2c(c1)OCO2. The van der Waals surface area contributed by atoms with E-state index < -0.39 is 11.6 Å². The number of nitrogens with zero attached hydrogens (tertiary/aromatic N) is 1. The second-order valence-electron chi connectivity index (χ2n) is 5.48. The summed E-state index contributed by atoms with van der Waals surface area (Å²) in [6.45, 7) is 4.54. The fourth-order valence-electron chi connectivity index (χ4n) is 2.62. The number of hydrogen-bond acceptors (Lipinski definition) is 4. The quantitative estimate of drug-likeness (QED) is 0.832. The molecule has 0 aromatic heterocycles. The van der Waals surface area contributed by atoms with Gasteiger partial charge in [-0.15, -0.1) is 0 Å². The third-order valence-electron chi connectivity index (χ3n) is 4.00. The lowest BCUT2D eigenvalue weighted by Gasteiger charge is -2.33. The summed E-state index contributed by atoms with van der Waals surface area (Å²) < 4.78 is 10.5. The van der Waals surface area contributed by atoms with Crippen LogP contribution in [0.3, 0.4) is 0 Å². The molecule has 1 saturated heterocycles. The monoisotopic (exact) mass is 263 g/mol. The van der Waals surface area contributed by atoms with Gasteiger partial charge in [0.15, 0.2) is 11.5 Å². The average Bonchev–Trinajstić information content (AvgIpc) is 2.94. The highest BCUT2D eigenvalue weighted by Crippen LogP contribution is 2.35. The van der Waals surface area contributed by atoms with Crippen molar-refractivity contribution < 1.29 is 19.4 Å². The predicted octanol–water partition coefficient (Wildman–Crippen LogP) is 1.40. The van der Waals surface area contributed by atoms with Crippen molar-refractivity contribution in [3.63, 3.8) is 0 Å². The van der Waals surface area contributed by atoms with E-state index in [1.165, 1.54) is 0 Å². The number of fused-ring (bicyclic) bond motifs is 1. The van der Waals surface area contributed by atoms with Crippen LogP contribution in [0.4, 0.5) is 0 Å². The first-order chi connectivity index (χ1) is 9.00. The van der Waals surface area contributed by atoms with Crippen LogP contribution in [-0.4, -0.2) is 40.9 Å². The van der Waals surface area contributed by atoms with Gasteiger partial charge in [-0.1, -0.05) is 0 Å². The Hall–Kier alpha value is -1.75. The van der Waals surface area contributed by atoms with E-state index in [-0.39, 0.29) is 12.7 Å². The van der Waals surface area contributed by atoms with Gasteiger partial charge in [0.1, 0.15) is 0 Å². The van der Waals surface area contributed by atoms with Crippen LogP contribution in [0.5, 0.6) is 11.5 Å². The number of hydrogen-bond donors (Lipinski definition) is 1. The molecule has 1 aromatic carbocycles. The maximum Gasteiger partial charge on any atom is 0.254 e. The van der Waals surface area contributed by atoms with Gasteiger partial charge in [-0.3, -0.25) is 4.79 Å². The zero-order valence-electron chi connectivity index (χ0n) is 11.0. The number of benzene rings is 1. The molecule has 1 N–H and O–H groups in total. The smallest absolute Gasteiger partial charge is 0.254 e. The van der Waals surface area contributed by atoms with Gasteiger partial charge < -0.3 is 19.5 Å². The second kappa shape index (κ2) is 4.13. The maximum absolute atomic E-state index is 12.5. The molecule has 0 spiro atoms. The van der Waals surface area contributed by atoms with E-state index in [2.05, 4.69) is 0 Å². The largest absolute Gasteiger partial charge is 0.454 e. The molecule has 5 nitrogen and oxygen atoms in total. The average molecular weight is 263 g/mol. The molecule has 2 aliphatic rings. The van der Waals surface area contributed by atoms with Crippen LogP contribution in [0.1, 0.15) is 30.6 Å². The van der Waals surface area contributed by atoms with E-state index in [0.29, 0.717) is 30.0 Å². The highest BCUT2D eigenvalue weighted by atomic mass is 16.7. The fourth-order valence-corrected chi connectivity index (χ4v) is 2.62. The van der Waals surface area contributed by atoms with Gasteiger partial charge in [0.05, 0.1) is 11.6 Å². The molecular weight excluding hydrogens is 246 g/mol. The summed E-state index contributed by atoms with van der Waals surface area (Å²) in [5, 5.41) is 9.94. The molecule has 3 rings (SSSR count). The van der Waals surface area contributed by atoms with E-state index in [1.54, 1.807) is 23.1 Å². The van der Waals surface area contributed by atoms with E-state index in [1.807, 2.05) is 13.8 Å². The van der Waals surface area contributed by atoms with Crippen LogP contribution >= 0.6 is 0 Å². The fraction of sp³-hybridized carbons (Fsp3) is 0.500. The topological polar surface area (TPSA) is 59.0 Å². The molecule has 0 bridgehead atoms. The molecule has 1 fully saturated rings. The number of ether oxygens (including phenoxy) is 2. The zero-order chi connectivity index (χ0) is 13.6. The number of aliphatic hydroxyl groups excluding tert-OH is 1. The van der Waals surface area contributed by atoms with Crippen molar-refractivity contribution in [2.75, 3.05) is 13.3 Å². The lowest BCUT2D eigenvalue weighted by atomic mass is 9.98. The third-order valence-corrected chi connectivity index (χ3v) is 4.00. The first-order valence-electron chi connectivity index (χ1n) is 6.40. The van der Waals surface area contributed by atoms with Gasteiger partial charge in [0, 0.05) is 12.1 Å². The molecule has 5 heteroatoms. The van der Waals surface area contributed by atoms with Gasteiger partial charge in [0.25, 0.3) is 5.91 Å². The van der Waals surface area contributed by atoms with Crippen LogP contribution in [0.25, 0.3) is 0 Å². The first-order valence-corrected chi connectivity index (χ1v) is 6.40. The summed E-state index contributed by atoms with van der Waals surface area (Å²) >= 11 is 0. The van der Waals surface area contributed by atoms with Crippen molar-refractivity contribution in [3.8, 4) is 11.5 Å². The summed E-state index contributed by atoms with van der Waals surface area (Å²) in [4.78, 5) is 14.2. The van der Waals surface area contributed by atoms with Crippen LogP contribution < -0.4 is 9.47 Å². The Balaban J connectivity index is 1.89. The molecular formula is C14H17NO4. The standard InChI is InChI=1S/C14H17NO4/c1-14(2)12(16)5-6-15(14)13(17)9-3-4-10-11(7-9)19-8-18-10/h3-4,7,12,16H,5-6,8H2,1-2H3. The first kappa shape index (κ1) is 12.3. The molecule has 2 heterocycles. The molecule has 1 aromatic rings. The summed E-state index contributed by atoms with van der Waals surface area (Å²) in [5.74, 6) is 1.18. The maximum atomic E-state index is 12.5. The van der Waals surface area contributed by atoms with Gasteiger partial charge in [-0.05, 0) is 38.5 Å². The Morgan fingerprint density at radius 3 is 2.79 bits per heavy atom. The van der Waals surface area contributed by atoms with Crippen LogP contribution in [0.2, 0.25) is 0 Å². The van der Waals surface area contributed by atoms with E-state index in [0.717, 1.165) is 0 Å². The zero-order valence-corrected chi connectivity index (χ0v) is 11.0. The minimum absolute atomic E-state index is 0.0835. The van der Waals surface area contributed by atoms with Gasteiger partial charge in [-0.25, -0.2) is 0 Å². The van der Waals surface area contributed by atoms with Gasteiger partial charge in [-0.2, -0.15) is 0 Å². The molecule has 0 saturated carbocycles. The Labute approximate surface area is 111 Å². The molecule has 1 atom stereocenters. The molecule has 19 heavy (non-hydrogen) atoms. The Morgan fingerprint density at radius 2 is 2.11 bits per heavy atom. The predicted molar refractivity (Wildman–Crippen MR) is 68.3 cm³/mol. The lowest BCUT2D eigenvalue weighted by molar-refractivity contribution is 0.0394. The van der Waals surface area contributed by atoms with E-state index in [9.17, 15) is 9.90 Å². The Bertz CT molecular complexity index is 526. The van der Waals surface area contributed by atoms with Crippen molar-refractivity contribution >= 4 is 5.91 Å². The minimum Gasteiger partial charge on any atom is -0.454 e. The van der Waals surface area contributed by atoms with Crippen LogP contribution in [0, 0.1) is 0 Å². The molecule has 102 valence electrons.